The van der Waals surface area contributed by atoms with E-state index < -0.39 is 23.6 Å². The largest absolute Gasteiger partial charge is 0.433 e. The van der Waals surface area contributed by atoms with Gasteiger partial charge in [-0.15, -0.1) is 0 Å². The first-order chi connectivity index (χ1) is 9.18. The standard InChI is InChI=1S/C13H7F6N/c14-12(15,16)9-6-4-8(5-7-9)10-2-1-3-11(20-10)13(17,18)19/h1-7H. The minimum atomic E-state index is -4.60. The molecule has 20 heavy (non-hydrogen) atoms. The van der Waals surface area contributed by atoms with Crippen molar-refractivity contribution in [1.29, 1.82) is 0 Å². The lowest BCUT2D eigenvalue weighted by atomic mass is 10.1. The molecule has 0 amide bonds. The predicted octanol–water partition coefficient (Wildman–Crippen LogP) is 4.79. The number of rotatable bonds is 1. The lowest BCUT2D eigenvalue weighted by Gasteiger charge is -2.09. The average molecular weight is 291 g/mol. The molecule has 0 aliphatic rings. The molecule has 0 saturated heterocycles. The summed E-state index contributed by atoms with van der Waals surface area (Å²) in [6.07, 6.45) is -9.08. The third kappa shape index (κ3) is 3.09. The van der Waals surface area contributed by atoms with Crippen molar-refractivity contribution in [3.63, 3.8) is 0 Å². The quantitative estimate of drug-likeness (QED) is 0.689. The fourth-order valence-corrected chi connectivity index (χ4v) is 1.58. The van der Waals surface area contributed by atoms with E-state index in [1.807, 2.05) is 0 Å². The van der Waals surface area contributed by atoms with Gasteiger partial charge < -0.3 is 0 Å². The first kappa shape index (κ1) is 14.4. The maximum atomic E-state index is 12.5. The summed E-state index contributed by atoms with van der Waals surface area (Å²) in [5, 5.41) is 0. The Bertz CT molecular complexity index is 597. The molecule has 0 fully saturated rings. The molecule has 0 atom stereocenters. The average Bonchev–Trinajstić information content (AvgIpc) is 2.37. The fourth-order valence-electron chi connectivity index (χ4n) is 1.58. The van der Waals surface area contributed by atoms with Gasteiger partial charge in [0, 0.05) is 5.56 Å². The number of hydrogen-bond acceptors (Lipinski definition) is 1. The molecule has 1 aromatic carbocycles. The first-order valence-corrected chi connectivity index (χ1v) is 5.40. The molecule has 0 N–H and O–H groups in total. The predicted molar refractivity (Wildman–Crippen MR) is 59.7 cm³/mol. The van der Waals surface area contributed by atoms with Crippen LogP contribution in [0.1, 0.15) is 11.3 Å². The summed E-state index contributed by atoms with van der Waals surface area (Å²) in [6, 6.07) is 7.04. The van der Waals surface area contributed by atoms with Crippen LogP contribution in [0.5, 0.6) is 0 Å². The van der Waals surface area contributed by atoms with Crippen LogP contribution in [0, 0.1) is 0 Å². The molecule has 2 rings (SSSR count). The van der Waals surface area contributed by atoms with Crippen LogP contribution in [0.4, 0.5) is 26.3 Å². The number of pyridine rings is 1. The normalized spacial score (nSPS) is 12.5. The first-order valence-electron chi connectivity index (χ1n) is 5.40. The zero-order valence-corrected chi connectivity index (χ0v) is 9.76. The van der Waals surface area contributed by atoms with Gasteiger partial charge in [0.05, 0.1) is 11.3 Å². The molecule has 0 radical (unpaired) electrons. The van der Waals surface area contributed by atoms with Crippen molar-refractivity contribution in [2.24, 2.45) is 0 Å². The molecule has 2 aromatic rings. The maximum absolute atomic E-state index is 12.5. The molecule has 7 heteroatoms. The molecular formula is C13H7F6N. The molecule has 0 spiro atoms. The van der Waals surface area contributed by atoms with Gasteiger partial charge in [-0.2, -0.15) is 26.3 Å². The Morgan fingerprint density at radius 3 is 1.80 bits per heavy atom. The molecule has 0 aliphatic heterocycles. The summed E-state index contributed by atoms with van der Waals surface area (Å²) in [7, 11) is 0. The van der Waals surface area contributed by atoms with Crippen LogP contribution < -0.4 is 0 Å². The van der Waals surface area contributed by atoms with Gasteiger partial charge in [0.2, 0.25) is 0 Å². The lowest BCUT2D eigenvalue weighted by Crippen LogP contribution is -2.08. The van der Waals surface area contributed by atoms with Crippen LogP contribution in [0.2, 0.25) is 0 Å². The fraction of sp³-hybridized carbons (Fsp3) is 0.154. The number of aromatic nitrogens is 1. The number of alkyl halides is 6. The number of nitrogens with zero attached hydrogens (tertiary/aromatic N) is 1. The molecule has 0 aliphatic carbocycles. The minimum absolute atomic E-state index is 0.0338. The Balaban J connectivity index is 2.38. The second-order valence-corrected chi connectivity index (χ2v) is 3.98. The number of benzene rings is 1. The Kier molecular flexibility index (Phi) is 3.45. The Morgan fingerprint density at radius 2 is 1.30 bits per heavy atom. The maximum Gasteiger partial charge on any atom is 0.433 e. The van der Waals surface area contributed by atoms with Crippen LogP contribution in [-0.2, 0) is 12.4 Å². The van der Waals surface area contributed by atoms with Crippen molar-refractivity contribution in [3.8, 4) is 11.3 Å². The molecule has 0 unspecified atom stereocenters. The van der Waals surface area contributed by atoms with Gasteiger partial charge in [-0.25, -0.2) is 4.98 Å². The summed E-state index contributed by atoms with van der Waals surface area (Å²) in [6.45, 7) is 0. The zero-order valence-electron chi connectivity index (χ0n) is 9.76. The lowest BCUT2D eigenvalue weighted by molar-refractivity contribution is -0.141. The van der Waals surface area contributed by atoms with E-state index in [2.05, 4.69) is 4.98 Å². The third-order valence-electron chi connectivity index (χ3n) is 2.55. The van der Waals surface area contributed by atoms with E-state index in [1.165, 1.54) is 6.07 Å². The topological polar surface area (TPSA) is 12.9 Å². The van der Waals surface area contributed by atoms with E-state index in [4.69, 9.17) is 0 Å². The van der Waals surface area contributed by atoms with Crippen molar-refractivity contribution in [2.75, 3.05) is 0 Å². The van der Waals surface area contributed by atoms with Crippen LogP contribution in [0.25, 0.3) is 11.3 Å². The highest BCUT2D eigenvalue weighted by Gasteiger charge is 2.33. The molecule has 1 nitrogen and oxygen atoms in total. The van der Waals surface area contributed by atoms with E-state index in [1.54, 1.807) is 0 Å². The summed E-state index contributed by atoms with van der Waals surface area (Å²) in [5.41, 5.74) is -1.80. The highest BCUT2D eigenvalue weighted by Crippen LogP contribution is 2.32. The van der Waals surface area contributed by atoms with Gasteiger partial charge in [0.25, 0.3) is 0 Å². The van der Waals surface area contributed by atoms with Crippen molar-refractivity contribution in [2.45, 2.75) is 12.4 Å². The Morgan fingerprint density at radius 1 is 0.700 bits per heavy atom. The van der Waals surface area contributed by atoms with Crippen LogP contribution in [0.15, 0.2) is 42.5 Å². The van der Waals surface area contributed by atoms with Crippen LogP contribution in [0.3, 0.4) is 0 Å². The molecule has 0 saturated carbocycles. The van der Waals surface area contributed by atoms with Gasteiger partial charge in [-0.05, 0) is 24.3 Å². The Hall–Kier alpha value is -2.05. The van der Waals surface area contributed by atoms with Gasteiger partial charge in [0.1, 0.15) is 5.69 Å². The highest BCUT2D eigenvalue weighted by atomic mass is 19.4. The van der Waals surface area contributed by atoms with Gasteiger partial charge in [-0.1, -0.05) is 18.2 Å². The molecule has 1 heterocycles. The van der Waals surface area contributed by atoms with Gasteiger partial charge in [0.15, 0.2) is 0 Å². The zero-order chi connectivity index (χ0) is 15.0. The summed E-state index contributed by atoms with van der Waals surface area (Å²) in [5.74, 6) is 0. The van der Waals surface area contributed by atoms with E-state index >= 15 is 0 Å². The van der Waals surface area contributed by atoms with Crippen molar-refractivity contribution < 1.29 is 26.3 Å². The molecule has 106 valence electrons. The van der Waals surface area contributed by atoms with E-state index in [-0.39, 0.29) is 11.3 Å². The van der Waals surface area contributed by atoms with Crippen molar-refractivity contribution in [1.82, 2.24) is 4.98 Å². The molecular weight excluding hydrogens is 284 g/mol. The molecule has 0 bridgehead atoms. The molecule has 1 aromatic heterocycles. The van der Waals surface area contributed by atoms with Crippen LogP contribution >= 0.6 is 0 Å². The summed E-state index contributed by atoms with van der Waals surface area (Å²) in [4.78, 5) is 3.40. The summed E-state index contributed by atoms with van der Waals surface area (Å²) >= 11 is 0. The smallest absolute Gasteiger partial charge is 0.243 e. The third-order valence-corrected chi connectivity index (χ3v) is 2.55. The van der Waals surface area contributed by atoms with Crippen molar-refractivity contribution in [3.05, 3.63) is 53.7 Å². The van der Waals surface area contributed by atoms with E-state index in [9.17, 15) is 26.3 Å². The second kappa shape index (κ2) is 4.81. The van der Waals surface area contributed by atoms with E-state index in [0.717, 1.165) is 36.4 Å². The number of halogens is 6. The minimum Gasteiger partial charge on any atom is -0.243 e. The monoisotopic (exact) mass is 291 g/mol. The second-order valence-electron chi connectivity index (χ2n) is 3.98. The highest BCUT2D eigenvalue weighted by molar-refractivity contribution is 5.59. The van der Waals surface area contributed by atoms with E-state index in [0.29, 0.717) is 0 Å². The SMILES string of the molecule is FC(F)(F)c1ccc(-c2cccc(C(F)(F)F)n2)cc1. The van der Waals surface area contributed by atoms with Gasteiger partial charge in [-0.3, -0.25) is 0 Å². The van der Waals surface area contributed by atoms with Crippen LogP contribution in [-0.4, -0.2) is 4.98 Å². The summed E-state index contributed by atoms with van der Waals surface area (Å²) < 4.78 is 74.6. The number of hydrogen-bond donors (Lipinski definition) is 0. The van der Waals surface area contributed by atoms with Gasteiger partial charge >= 0.3 is 12.4 Å². The Labute approximate surface area is 109 Å². The van der Waals surface area contributed by atoms with Crippen molar-refractivity contribution >= 4 is 0 Å².